The molecule has 0 saturated heterocycles. The predicted octanol–water partition coefficient (Wildman–Crippen LogP) is 4.62. The highest BCUT2D eigenvalue weighted by Gasteiger charge is 2.18. The molecule has 0 radical (unpaired) electrons. The number of ether oxygens (including phenoxy) is 4. The average Bonchev–Trinajstić information content (AvgIpc) is 2.72. The largest absolute Gasteiger partial charge is 0.494 e. The molecular formula is C23H24O7. The molecule has 0 unspecified atom stereocenters. The van der Waals surface area contributed by atoms with Gasteiger partial charge >= 0.3 is 5.97 Å². The monoisotopic (exact) mass is 412 g/mol. The predicted molar refractivity (Wildman–Crippen MR) is 112 cm³/mol. The van der Waals surface area contributed by atoms with Gasteiger partial charge in [0.1, 0.15) is 28.6 Å². The Kier molecular flexibility index (Phi) is 6.61. The third kappa shape index (κ3) is 4.74. The van der Waals surface area contributed by atoms with Gasteiger partial charge in [-0.25, -0.2) is 4.79 Å². The number of esters is 1. The van der Waals surface area contributed by atoms with Crippen molar-refractivity contribution >= 4 is 16.9 Å². The second kappa shape index (κ2) is 9.35. The molecule has 0 aliphatic rings. The maximum absolute atomic E-state index is 12.9. The summed E-state index contributed by atoms with van der Waals surface area (Å²) < 4.78 is 27.5. The van der Waals surface area contributed by atoms with Crippen LogP contribution in [0.25, 0.3) is 11.0 Å². The van der Waals surface area contributed by atoms with Gasteiger partial charge < -0.3 is 23.4 Å². The van der Waals surface area contributed by atoms with E-state index in [0.29, 0.717) is 34.8 Å². The third-order valence-corrected chi connectivity index (χ3v) is 4.27. The molecule has 2 aromatic carbocycles. The number of carbonyl (C=O) groups excluding carboxylic acids is 1. The lowest BCUT2D eigenvalue weighted by molar-refractivity contribution is -0.150. The molecule has 0 spiro atoms. The number of hydrogen-bond donors (Lipinski definition) is 0. The van der Waals surface area contributed by atoms with Crippen molar-refractivity contribution in [2.24, 2.45) is 0 Å². The number of fused-ring (bicyclic) bond motifs is 1. The van der Waals surface area contributed by atoms with E-state index in [0.717, 1.165) is 5.75 Å². The molecule has 7 heteroatoms. The van der Waals surface area contributed by atoms with Crippen LogP contribution in [0.15, 0.2) is 51.7 Å². The van der Waals surface area contributed by atoms with E-state index in [1.165, 1.54) is 0 Å². The van der Waals surface area contributed by atoms with Crippen LogP contribution in [0.1, 0.15) is 26.5 Å². The highest BCUT2D eigenvalue weighted by Crippen LogP contribution is 2.28. The Morgan fingerprint density at radius 3 is 2.33 bits per heavy atom. The van der Waals surface area contributed by atoms with Gasteiger partial charge in [0, 0.05) is 6.07 Å². The minimum atomic E-state index is -0.780. The molecule has 0 aliphatic heterocycles. The summed E-state index contributed by atoms with van der Waals surface area (Å²) in [4.78, 5) is 24.7. The van der Waals surface area contributed by atoms with Crippen molar-refractivity contribution in [2.45, 2.75) is 33.8 Å². The fourth-order valence-electron chi connectivity index (χ4n) is 2.86. The van der Waals surface area contributed by atoms with Gasteiger partial charge in [0.25, 0.3) is 0 Å². The first-order chi connectivity index (χ1) is 14.4. The van der Waals surface area contributed by atoms with Gasteiger partial charge in [-0.15, -0.1) is 0 Å². The number of aryl methyl sites for hydroxylation is 1. The molecule has 3 rings (SSSR count). The minimum absolute atomic E-state index is 0.111. The molecule has 0 bridgehead atoms. The summed E-state index contributed by atoms with van der Waals surface area (Å²) in [5.41, 5.74) is 0.0396. The van der Waals surface area contributed by atoms with Crippen LogP contribution in [0, 0.1) is 6.92 Å². The zero-order valence-corrected chi connectivity index (χ0v) is 17.4. The minimum Gasteiger partial charge on any atom is -0.494 e. The molecule has 0 N–H and O–H groups in total. The third-order valence-electron chi connectivity index (χ3n) is 4.27. The molecule has 1 heterocycles. The van der Waals surface area contributed by atoms with Gasteiger partial charge in [-0.2, -0.15) is 0 Å². The maximum Gasteiger partial charge on any atom is 0.347 e. The summed E-state index contributed by atoms with van der Waals surface area (Å²) in [6.07, 6.45) is -0.780. The zero-order chi connectivity index (χ0) is 21.7. The summed E-state index contributed by atoms with van der Waals surface area (Å²) >= 11 is 0. The van der Waals surface area contributed by atoms with Gasteiger partial charge in [0.15, 0.2) is 6.10 Å². The molecule has 0 saturated carbocycles. The topological polar surface area (TPSA) is 84.2 Å². The van der Waals surface area contributed by atoms with E-state index in [-0.39, 0.29) is 17.8 Å². The van der Waals surface area contributed by atoms with Crippen LogP contribution in [0.4, 0.5) is 0 Å². The van der Waals surface area contributed by atoms with E-state index < -0.39 is 12.1 Å². The number of rotatable bonds is 8. The van der Waals surface area contributed by atoms with E-state index in [4.69, 9.17) is 23.4 Å². The summed E-state index contributed by atoms with van der Waals surface area (Å²) in [6.45, 7) is 7.72. The van der Waals surface area contributed by atoms with Crippen molar-refractivity contribution < 1.29 is 28.2 Å². The summed E-state index contributed by atoms with van der Waals surface area (Å²) in [5, 5.41) is 0.345. The normalized spacial score (nSPS) is 11.7. The number of benzene rings is 2. The quantitative estimate of drug-likeness (QED) is 0.499. The Morgan fingerprint density at radius 2 is 1.67 bits per heavy atom. The molecular weight excluding hydrogens is 388 g/mol. The molecule has 0 aliphatic carbocycles. The molecule has 1 aromatic heterocycles. The Labute approximate surface area is 174 Å². The lowest BCUT2D eigenvalue weighted by atomic mass is 10.2. The summed E-state index contributed by atoms with van der Waals surface area (Å²) in [5.74, 6) is 1.59. The van der Waals surface area contributed by atoms with Crippen molar-refractivity contribution in [2.75, 3.05) is 13.2 Å². The van der Waals surface area contributed by atoms with Gasteiger partial charge in [0.05, 0.1) is 18.6 Å². The molecule has 0 amide bonds. The van der Waals surface area contributed by atoms with Crippen LogP contribution in [0.2, 0.25) is 0 Å². The Hall–Kier alpha value is -3.48. The van der Waals surface area contributed by atoms with E-state index in [1.54, 1.807) is 63.2 Å². The van der Waals surface area contributed by atoms with E-state index >= 15 is 0 Å². The number of hydrogen-bond acceptors (Lipinski definition) is 7. The zero-order valence-electron chi connectivity index (χ0n) is 17.4. The van der Waals surface area contributed by atoms with Crippen molar-refractivity contribution in [3.05, 3.63) is 58.4 Å². The molecule has 30 heavy (non-hydrogen) atoms. The Balaban J connectivity index is 1.86. The lowest BCUT2D eigenvalue weighted by Crippen LogP contribution is -2.26. The highest BCUT2D eigenvalue weighted by molar-refractivity contribution is 5.80. The van der Waals surface area contributed by atoms with Crippen molar-refractivity contribution in [1.82, 2.24) is 0 Å². The Morgan fingerprint density at radius 1 is 1.00 bits per heavy atom. The molecule has 1 atom stereocenters. The first-order valence-electron chi connectivity index (χ1n) is 9.74. The van der Waals surface area contributed by atoms with Gasteiger partial charge in [-0.3, -0.25) is 4.79 Å². The summed E-state index contributed by atoms with van der Waals surface area (Å²) in [7, 11) is 0. The second-order valence-corrected chi connectivity index (χ2v) is 6.49. The van der Waals surface area contributed by atoms with Crippen molar-refractivity contribution in [1.29, 1.82) is 0 Å². The van der Waals surface area contributed by atoms with Crippen LogP contribution in [0.5, 0.6) is 23.0 Å². The molecule has 0 fully saturated rings. The second-order valence-electron chi connectivity index (χ2n) is 6.49. The first-order valence-corrected chi connectivity index (χ1v) is 9.74. The number of carbonyl (C=O) groups is 1. The molecule has 158 valence electrons. The van der Waals surface area contributed by atoms with Crippen LogP contribution in [-0.2, 0) is 9.53 Å². The smallest absolute Gasteiger partial charge is 0.347 e. The highest BCUT2D eigenvalue weighted by atomic mass is 16.6. The molecule has 7 nitrogen and oxygen atoms in total. The van der Waals surface area contributed by atoms with Crippen LogP contribution < -0.4 is 19.6 Å². The standard InChI is InChI=1S/C23H24O7/c1-5-26-16-7-9-17(10-8-16)30-22-14(3)29-20-13-18(11-12-19(20)21(22)24)28-15(4)23(25)27-6-2/h7-13,15H,5-6H2,1-4H3/t15-/m0/s1. The fraction of sp³-hybridized carbons (Fsp3) is 0.304. The average molecular weight is 412 g/mol. The SMILES string of the molecule is CCOC(=O)[C@H](C)Oc1ccc2c(=O)c(Oc3ccc(OCC)cc3)c(C)oc2c1. The Bertz CT molecular complexity index is 1080. The van der Waals surface area contributed by atoms with E-state index in [2.05, 4.69) is 0 Å². The summed E-state index contributed by atoms with van der Waals surface area (Å²) in [6, 6.07) is 11.7. The maximum atomic E-state index is 12.9. The fourth-order valence-corrected chi connectivity index (χ4v) is 2.86. The van der Waals surface area contributed by atoms with Gasteiger partial charge in [0.2, 0.25) is 11.2 Å². The van der Waals surface area contributed by atoms with Gasteiger partial charge in [-0.1, -0.05) is 0 Å². The van der Waals surface area contributed by atoms with Crippen LogP contribution >= 0.6 is 0 Å². The lowest BCUT2D eigenvalue weighted by Gasteiger charge is -2.14. The first kappa shape index (κ1) is 21.2. The molecule has 3 aromatic rings. The van der Waals surface area contributed by atoms with Crippen molar-refractivity contribution in [3.63, 3.8) is 0 Å². The van der Waals surface area contributed by atoms with E-state index in [9.17, 15) is 9.59 Å². The van der Waals surface area contributed by atoms with Crippen molar-refractivity contribution in [3.8, 4) is 23.0 Å². The van der Waals surface area contributed by atoms with E-state index in [1.807, 2.05) is 6.92 Å². The van der Waals surface area contributed by atoms with Gasteiger partial charge in [-0.05, 0) is 64.1 Å². The van der Waals surface area contributed by atoms with Crippen LogP contribution in [0.3, 0.4) is 0 Å². The van der Waals surface area contributed by atoms with Crippen LogP contribution in [-0.4, -0.2) is 25.3 Å².